The van der Waals surface area contributed by atoms with Crippen molar-refractivity contribution >= 4 is 6.16 Å². The Labute approximate surface area is 165 Å². The van der Waals surface area contributed by atoms with Crippen molar-refractivity contribution in [1.82, 2.24) is 0 Å². The average molecular weight is 373 g/mol. The van der Waals surface area contributed by atoms with Gasteiger partial charge in [-0.2, -0.15) is 0 Å². The van der Waals surface area contributed by atoms with Crippen molar-refractivity contribution in [2.75, 3.05) is 6.61 Å². The van der Waals surface area contributed by atoms with Gasteiger partial charge in [-0.3, -0.25) is 0 Å². The van der Waals surface area contributed by atoms with Crippen LogP contribution in [0.25, 0.3) is 0 Å². The van der Waals surface area contributed by atoms with Crippen LogP contribution in [0.5, 0.6) is 5.75 Å². The molecule has 1 aliphatic carbocycles. The van der Waals surface area contributed by atoms with Crippen molar-refractivity contribution in [2.45, 2.75) is 78.1 Å². The number of allylic oxidation sites excluding steroid dienone is 2. The zero-order valence-corrected chi connectivity index (χ0v) is 17.1. The van der Waals surface area contributed by atoms with Gasteiger partial charge in [-0.1, -0.05) is 63.0 Å². The van der Waals surface area contributed by atoms with E-state index in [0.717, 1.165) is 31.1 Å². The number of para-hydroxylation sites is 1. The Bertz CT molecular complexity index is 560. The molecule has 150 valence electrons. The van der Waals surface area contributed by atoms with Gasteiger partial charge < -0.3 is 9.47 Å². The van der Waals surface area contributed by atoms with Gasteiger partial charge in [-0.05, 0) is 68.9 Å². The summed E-state index contributed by atoms with van der Waals surface area (Å²) in [5.74, 6) is 2.34. The van der Waals surface area contributed by atoms with Crippen molar-refractivity contribution < 1.29 is 14.3 Å². The fourth-order valence-corrected chi connectivity index (χ4v) is 3.82. The first-order chi connectivity index (χ1) is 13.2. The molecule has 0 bridgehead atoms. The molecule has 0 spiro atoms. The van der Waals surface area contributed by atoms with E-state index < -0.39 is 6.16 Å². The van der Waals surface area contributed by atoms with Gasteiger partial charge in [-0.25, -0.2) is 4.79 Å². The van der Waals surface area contributed by atoms with Crippen LogP contribution >= 0.6 is 0 Å². The van der Waals surface area contributed by atoms with Crippen LogP contribution < -0.4 is 4.74 Å². The number of carbonyl (C=O) groups excluding carboxylic acids is 1. The normalized spacial score (nSPS) is 16.9. The molecule has 0 N–H and O–H groups in total. The maximum absolute atomic E-state index is 11.6. The minimum absolute atomic E-state index is 0.428. The number of unbranched alkanes of at least 4 members (excludes halogenated alkanes) is 1. The Hall–Kier alpha value is -1.77. The molecule has 1 aromatic rings. The summed E-state index contributed by atoms with van der Waals surface area (Å²) in [4.78, 5) is 11.6. The molecule has 0 saturated carbocycles. The minimum atomic E-state index is -0.613. The molecule has 2 rings (SSSR count). The third-order valence-electron chi connectivity index (χ3n) is 5.81. The van der Waals surface area contributed by atoms with Gasteiger partial charge in [0.1, 0.15) is 5.75 Å². The minimum Gasteiger partial charge on any atom is -0.434 e. The number of ether oxygens (including phenoxy) is 2. The lowest BCUT2D eigenvalue weighted by Gasteiger charge is -2.23. The molecule has 1 aliphatic rings. The second-order valence-corrected chi connectivity index (χ2v) is 7.73. The van der Waals surface area contributed by atoms with Gasteiger partial charge in [0.05, 0.1) is 6.61 Å². The van der Waals surface area contributed by atoms with Crippen molar-refractivity contribution in [1.29, 1.82) is 0 Å². The first-order valence-corrected chi connectivity index (χ1v) is 10.8. The highest BCUT2D eigenvalue weighted by Gasteiger charge is 2.16. The molecule has 3 heteroatoms. The molecule has 0 fully saturated rings. The summed E-state index contributed by atoms with van der Waals surface area (Å²) in [6, 6.07) is 9.03. The largest absolute Gasteiger partial charge is 0.513 e. The first kappa shape index (κ1) is 21.5. The fraction of sp³-hybridized carbons (Fsp3) is 0.625. The van der Waals surface area contributed by atoms with Gasteiger partial charge in [0.2, 0.25) is 0 Å². The maximum Gasteiger partial charge on any atom is 0.513 e. The van der Waals surface area contributed by atoms with E-state index in [1.54, 1.807) is 17.7 Å². The molecule has 0 amide bonds. The average Bonchev–Trinajstić information content (AvgIpc) is 2.70. The topological polar surface area (TPSA) is 35.5 Å². The zero-order valence-electron chi connectivity index (χ0n) is 17.1. The van der Waals surface area contributed by atoms with Gasteiger partial charge in [0, 0.05) is 0 Å². The molecule has 3 nitrogen and oxygen atoms in total. The predicted octanol–water partition coefficient (Wildman–Crippen LogP) is 7.32. The lowest BCUT2D eigenvalue weighted by Crippen LogP contribution is -2.11. The SMILES string of the molecule is CCC(CC)CCC1CC=C(CCCCOC(=O)Oc2ccccc2)CC1. The fourth-order valence-electron chi connectivity index (χ4n) is 3.82. The van der Waals surface area contributed by atoms with E-state index in [4.69, 9.17) is 9.47 Å². The monoisotopic (exact) mass is 372 g/mol. The summed E-state index contributed by atoms with van der Waals surface area (Å²) < 4.78 is 10.3. The van der Waals surface area contributed by atoms with Crippen LogP contribution in [0.2, 0.25) is 0 Å². The van der Waals surface area contributed by atoms with E-state index in [0.29, 0.717) is 12.4 Å². The molecule has 0 aliphatic heterocycles. The van der Waals surface area contributed by atoms with Crippen LogP contribution in [0.4, 0.5) is 4.79 Å². The van der Waals surface area contributed by atoms with Gasteiger partial charge in [-0.15, -0.1) is 0 Å². The van der Waals surface area contributed by atoms with Crippen LogP contribution in [0, 0.1) is 11.8 Å². The van der Waals surface area contributed by atoms with Crippen LogP contribution in [-0.2, 0) is 4.74 Å². The number of rotatable bonds is 11. The standard InChI is InChI=1S/C24H36O3/c1-3-20(4-2)13-14-22-17-15-21(16-18-22)10-8-9-19-26-24(25)27-23-11-6-5-7-12-23/h5-7,11-12,15,20,22H,3-4,8-10,13-14,16-19H2,1-2H3. The van der Waals surface area contributed by atoms with Gasteiger partial charge in [0.25, 0.3) is 0 Å². The molecule has 1 unspecified atom stereocenters. The second-order valence-electron chi connectivity index (χ2n) is 7.73. The lowest BCUT2D eigenvalue weighted by molar-refractivity contribution is 0.0975. The van der Waals surface area contributed by atoms with E-state index in [1.165, 1.54) is 44.9 Å². The Kier molecular flexibility index (Phi) is 10.0. The van der Waals surface area contributed by atoms with Crippen molar-refractivity contribution in [2.24, 2.45) is 11.8 Å². The number of hydrogen-bond donors (Lipinski definition) is 0. The summed E-state index contributed by atoms with van der Waals surface area (Å²) in [6.45, 7) is 5.06. The summed E-state index contributed by atoms with van der Waals surface area (Å²) >= 11 is 0. The summed E-state index contributed by atoms with van der Waals surface area (Å²) in [6.07, 6.45) is 14.3. The Morgan fingerprint density at radius 1 is 1.15 bits per heavy atom. The lowest BCUT2D eigenvalue weighted by atomic mass is 9.82. The number of carbonyl (C=O) groups is 1. The molecular formula is C24H36O3. The van der Waals surface area contributed by atoms with E-state index in [-0.39, 0.29) is 0 Å². The third-order valence-corrected chi connectivity index (χ3v) is 5.81. The van der Waals surface area contributed by atoms with E-state index in [1.807, 2.05) is 18.2 Å². The molecule has 0 saturated heterocycles. The van der Waals surface area contributed by atoms with E-state index in [9.17, 15) is 4.79 Å². The summed E-state index contributed by atoms with van der Waals surface area (Å²) in [7, 11) is 0. The van der Waals surface area contributed by atoms with Gasteiger partial charge in [0.15, 0.2) is 0 Å². The first-order valence-electron chi connectivity index (χ1n) is 10.8. The predicted molar refractivity (Wildman–Crippen MR) is 111 cm³/mol. The molecule has 27 heavy (non-hydrogen) atoms. The van der Waals surface area contributed by atoms with E-state index >= 15 is 0 Å². The van der Waals surface area contributed by atoms with Crippen LogP contribution in [0.1, 0.15) is 78.1 Å². The van der Waals surface area contributed by atoms with Gasteiger partial charge >= 0.3 is 6.16 Å². The van der Waals surface area contributed by atoms with Crippen LogP contribution in [-0.4, -0.2) is 12.8 Å². The Morgan fingerprint density at radius 3 is 2.59 bits per heavy atom. The maximum atomic E-state index is 11.6. The Balaban J connectivity index is 1.53. The highest BCUT2D eigenvalue weighted by Crippen LogP contribution is 2.31. The molecule has 0 radical (unpaired) electrons. The smallest absolute Gasteiger partial charge is 0.434 e. The van der Waals surface area contributed by atoms with Crippen molar-refractivity contribution in [3.8, 4) is 5.75 Å². The Morgan fingerprint density at radius 2 is 1.93 bits per heavy atom. The number of hydrogen-bond acceptors (Lipinski definition) is 3. The van der Waals surface area contributed by atoms with E-state index in [2.05, 4.69) is 19.9 Å². The quantitative estimate of drug-likeness (QED) is 0.177. The molecule has 1 atom stereocenters. The van der Waals surface area contributed by atoms with Crippen molar-refractivity contribution in [3.05, 3.63) is 42.0 Å². The second kappa shape index (κ2) is 12.6. The molecule has 1 aromatic carbocycles. The number of benzene rings is 1. The highest BCUT2D eigenvalue weighted by atomic mass is 16.7. The molecular weight excluding hydrogens is 336 g/mol. The molecule has 0 aromatic heterocycles. The summed E-state index contributed by atoms with van der Waals surface area (Å²) in [5, 5.41) is 0. The van der Waals surface area contributed by atoms with Crippen LogP contribution in [0.15, 0.2) is 42.0 Å². The van der Waals surface area contributed by atoms with Crippen LogP contribution in [0.3, 0.4) is 0 Å². The zero-order chi connectivity index (χ0) is 19.3. The summed E-state index contributed by atoms with van der Waals surface area (Å²) in [5.41, 5.74) is 1.60. The third kappa shape index (κ3) is 8.64. The molecule has 0 heterocycles. The highest BCUT2D eigenvalue weighted by molar-refractivity contribution is 5.63. The van der Waals surface area contributed by atoms with Crippen molar-refractivity contribution in [3.63, 3.8) is 0 Å².